The van der Waals surface area contributed by atoms with Crippen molar-refractivity contribution >= 4 is 21.6 Å². The molecular weight excluding hydrogens is 346 g/mol. The second kappa shape index (κ2) is 7.92. The van der Waals surface area contributed by atoms with Gasteiger partial charge in [0.15, 0.2) is 11.5 Å². The second-order valence-corrected chi connectivity index (χ2v) is 7.93. The van der Waals surface area contributed by atoms with Gasteiger partial charge < -0.3 is 20.1 Å². The predicted molar refractivity (Wildman–Crippen MR) is 95.9 cm³/mol. The Balaban J connectivity index is 2.33. The molecule has 2 atom stereocenters. The van der Waals surface area contributed by atoms with Gasteiger partial charge in [-0.05, 0) is 37.6 Å². The number of piperidine rings is 1. The summed E-state index contributed by atoms with van der Waals surface area (Å²) in [6.45, 7) is 3.77. The van der Waals surface area contributed by atoms with Gasteiger partial charge >= 0.3 is 0 Å². The zero-order valence-corrected chi connectivity index (χ0v) is 15.7. The Kier molecular flexibility index (Phi) is 6.12. The van der Waals surface area contributed by atoms with Gasteiger partial charge in [-0.2, -0.15) is 0 Å². The number of sulfonamides is 1. The molecule has 1 aliphatic rings. The van der Waals surface area contributed by atoms with Crippen molar-refractivity contribution in [3.63, 3.8) is 0 Å². The van der Waals surface area contributed by atoms with Crippen LogP contribution in [-0.4, -0.2) is 53.9 Å². The largest absolute Gasteiger partial charge is 0.493 e. The van der Waals surface area contributed by atoms with Crippen molar-refractivity contribution < 1.29 is 22.7 Å². The van der Waals surface area contributed by atoms with Crippen LogP contribution in [-0.2, 0) is 10.0 Å². The minimum atomic E-state index is -3.54. The van der Waals surface area contributed by atoms with Gasteiger partial charge in [-0.3, -0.25) is 9.52 Å². The van der Waals surface area contributed by atoms with Gasteiger partial charge in [0.05, 0.1) is 26.2 Å². The Labute approximate surface area is 148 Å². The van der Waals surface area contributed by atoms with Crippen molar-refractivity contribution in [3.05, 3.63) is 17.7 Å². The Morgan fingerprint density at radius 3 is 2.56 bits per heavy atom. The highest BCUT2D eigenvalue weighted by atomic mass is 32.2. The predicted octanol–water partition coefficient (Wildman–Crippen LogP) is 0.803. The molecule has 8 nitrogen and oxygen atoms in total. The molecule has 1 aromatic rings. The Morgan fingerprint density at radius 1 is 1.28 bits per heavy atom. The fourth-order valence-corrected chi connectivity index (χ4v) is 3.40. The van der Waals surface area contributed by atoms with Gasteiger partial charge in [0, 0.05) is 11.6 Å². The van der Waals surface area contributed by atoms with Crippen LogP contribution in [0.2, 0.25) is 0 Å². The molecule has 0 saturated carbocycles. The summed E-state index contributed by atoms with van der Waals surface area (Å²) in [5.74, 6) is 0.530. The molecule has 25 heavy (non-hydrogen) atoms. The topological polar surface area (TPSA) is 106 Å². The Bertz CT molecular complexity index is 736. The van der Waals surface area contributed by atoms with Crippen molar-refractivity contribution in [1.82, 2.24) is 10.6 Å². The highest BCUT2D eigenvalue weighted by Crippen LogP contribution is 2.37. The fraction of sp³-hybridized carbons (Fsp3) is 0.562. The summed E-state index contributed by atoms with van der Waals surface area (Å²) < 4.78 is 36.0. The third kappa shape index (κ3) is 4.99. The molecule has 0 spiro atoms. The zero-order valence-electron chi connectivity index (χ0n) is 14.9. The number of rotatable bonds is 6. The molecular formula is C16H25N3O5S. The van der Waals surface area contributed by atoms with E-state index in [9.17, 15) is 13.2 Å². The van der Waals surface area contributed by atoms with E-state index in [1.807, 2.05) is 0 Å². The number of nitrogens with one attached hydrogen (secondary N) is 3. The third-order valence-corrected chi connectivity index (χ3v) is 4.73. The molecule has 0 radical (unpaired) electrons. The Morgan fingerprint density at radius 2 is 2.00 bits per heavy atom. The summed E-state index contributed by atoms with van der Waals surface area (Å²) in [4.78, 5) is 12.6. The maximum absolute atomic E-state index is 12.6. The maximum Gasteiger partial charge on any atom is 0.251 e. The van der Waals surface area contributed by atoms with Crippen LogP contribution in [0.15, 0.2) is 12.1 Å². The van der Waals surface area contributed by atoms with Crippen molar-refractivity contribution in [2.45, 2.75) is 19.4 Å². The van der Waals surface area contributed by atoms with E-state index in [1.54, 1.807) is 0 Å². The first kappa shape index (κ1) is 19.3. The quantitative estimate of drug-likeness (QED) is 0.683. The summed E-state index contributed by atoms with van der Waals surface area (Å²) in [7, 11) is -0.705. The van der Waals surface area contributed by atoms with E-state index in [4.69, 9.17) is 9.47 Å². The summed E-state index contributed by atoms with van der Waals surface area (Å²) in [5, 5.41) is 6.29. The molecule has 3 N–H and O–H groups in total. The van der Waals surface area contributed by atoms with Gasteiger partial charge in [-0.25, -0.2) is 8.42 Å². The first-order valence-electron chi connectivity index (χ1n) is 8.00. The normalized spacial score (nSPS) is 20.6. The fourth-order valence-electron chi connectivity index (χ4n) is 2.85. The molecule has 9 heteroatoms. The lowest BCUT2D eigenvalue weighted by molar-refractivity contribution is 0.0914. The highest BCUT2D eigenvalue weighted by Gasteiger charge is 2.24. The van der Waals surface area contributed by atoms with E-state index in [0.717, 1.165) is 25.8 Å². The molecule has 1 heterocycles. The molecule has 1 aliphatic heterocycles. The lowest BCUT2D eigenvalue weighted by Gasteiger charge is -2.30. The number of hydrogen-bond acceptors (Lipinski definition) is 6. The smallest absolute Gasteiger partial charge is 0.251 e. The summed E-state index contributed by atoms with van der Waals surface area (Å²) in [5.41, 5.74) is 0.461. The van der Waals surface area contributed by atoms with Crippen LogP contribution in [0, 0.1) is 5.92 Å². The zero-order chi connectivity index (χ0) is 18.6. The van der Waals surface area contributed by atoms with Crippen LogP contribution in [0.4, 0.5) is 5.69 Å². The van der Waals surface area contributed by atoms with Crippen LogP contribution in [0.3, 0.4) is 0 Å². The number of carbonyl (C=O) groups is 1. The molecule has 1 saturated heterocycles. The second-order valence-electron chi connectivity index (χ2n) is 6.18. The maximum atomic E-state index is 12.6. The summed E-state index contributed by atoms with van der Waals surface area (Å²) in [6.07, 6.45) is 1.87. The SMILES string of the molecule is COc1cc(C(=O)NC2CCNCC2C)cc(NS(C)(=O)=O)c1OC. The average molecular weight is 371 g/mol. The van der Waals surface area contributed by atoms with Crippen LogP contribution >= 0.6 is 0 Å². The van der Waals surface area contributed by atoms with E-state index in [-0.39, 0.29) is 29.1 Å². The van der Waals surface area contributed by atoms with Crippen molar-refractivity contribution in [2.75, 3.05) is 38.3 Å². The molecule has 1 amide bonds. The number of hydrogen-bond donors (Lipinski definition) is 3. The van der Waals surface area contributed by atoms with Crippen molar-refractivity contribution in [2.24, 2.45) is 5.92 Å². The number of benzene rings is 1. The molecule has 0 aromatic heterocycles. The van der Waals surface area contributed by atoms with E-state index in [1.165, 1.54) is 26.4 Å². The lowest BCUT2D eigenvalue weighted by atomic mass is 9.95. The van der Waals surface area contributed by atoms with Gasteiger partial charge in [0.25, 0.3) is 5.91 Å². The van der Waals surface area contributed by atoms with Crippen LogP contribution in [0.25, 0.3) is 0 Å². The van der Waals surface area contributed by atoms with E-state index >= 15 is 0 Å². The lowest BCUT2D eigenvalue weighted by Crippen LogP contribution is -2.48. The molecule has 1 fully saturated rings. The minimum absolute atomic E-state index is 0.0631. The monoisotopic (exact) mass is 371 g/mol. The molecule has 2 unspecified atom stereocenters. The minimum Gasteiger partial charge on any atom is -0.493 e. The van der Waals surface area contributed by atoms with Gasteiger partial charge in [-0.1, -0.05) is 6.92 Å². The first-order chi connectivity index (χ1) is 11.7. The summed E-state index contributed by atoms with van der Waals surface area (Å²) in [6, 6.07) is 3.05. The highest BCUT2D eigenvalue weighted by molar-refractivity contribution is 7.92. The van der Waals surface area contributed by atoms with Crippen LogP contribution in [0.5, 0.6) is 11.5 Å². The molecule has 2 rings (SSSR count). The molecule has 0 bridgehead atoms. The average Bonchev–Trinajstić information content (AvgIpc) is 2.54. The first-order valence-corrected chi connectivity index (χ1v) is 9.89. The standard InChI is InChI=1S/C16H25N3O5S/c1-10-9-17-6-5-12(10)18-16(20)11-7-13(19-25(4,21)22)15(24-3)14(8-11)23-2/h7-8,10,12,17,19H,5-6,9H2,1-4H3,(H,18,20). The van der Waals surface area contributed by atoms with E-state index in [2.05, 4.69) is 22.3 Å². The van der Waals surface area contributed by atoms with Crippen LogP contribution < -0.4 is 24.8 Å². The van der Waals surface area contributed by atoms with Crippen molar-refractivity contribution in [1.29, 1.82) is 0 Å². The Hall–Kier alpha value is -2.00. The van der Waals surface area contributed by atoms with E-state index in [0.29, 0.717) is 11.5 Å². The van der Waals surface area contributed by atoms with Crippen molar-refractivity contribution in [3.8, 4) is 11.5 Å². The molecule has 0 aliphatic carbocycles. The van der Waals surface area contributed by atoms with Gasteiger partial charge in [0.1, 0.15) is 0 Å². The molecule has 1 aromatic carbocycles. The van der Waals surface area contributed by atoms with E-state index < -0.39 is 10.0 Å². The van der Waals surface area contributed by atoms with Gasteiger partial charge in [-0.15, -0.1) is 0 Å². The number of ether oxygens (including phenoxy) is 2. The van der Waals surface area contributed by atoms with Crippen LogP contribution in [0.1, 0.15) is 23.7 Å². The van der Waals surface area contributed by atoms with Gasteiger partial charge in [0.2, 0.25) is 10.0 Å². The number of anilines is 1. The summed E-state index contributed by atoms with van der Waals surface area (Å²) >= 11 is 0. The number of amides is 1. The third-order valence-electron chi connectivity index (χ3n) is 4.14. The number of methoxy groups -OCH3 is 2. The number of carbonyl (C=O) groups excluding carboxylic acids is 1. The molecule has 140 valence electrons.